The maximum atomic E-state index is 12.4. The van der Waals surface area contributed by atoms with Crippen LogP contribution in [0.4, 0.5) is 10.5 Å². The van der Waals surface area contributed by atoms with E-state index in [0.717, 1.165) is 23.4 Å². The van der Waals surface area contributed by atoms with Gasteiger partial charge in [0.1, 0.15) is 0 Å². The summed E-state index contributed by atoms with van der Waals surface area (Å²) in [6.07, 6.45) is 8.20. The molecule has 126 valence electrons. The number of piperidine rings is 1. The summed E-state index contributed by atoms with van der Waals surface area (Å²) in [5.74, 6) is 0.436. The van der Waals surface area contributed by atoms with Crippen molar-refractivity contribution in [2.75, 3.05) is 24.7 Å². The number of aliphatic hydroxyl groups is 1. The normalized spacial score (nSPS) is 21.4. The monoisotopic (exact) mass is 334 g/mol. The van der Waals surface area contributed by atoms with Crippen molar-refractivity contribution in [1.82, 2.24) is 4.90 Å². The molecule has 4 nitrogen and oxygen atoms in total. The number of carbonyl (C=O) groups is 1. The van der Waals surface area contributed by atoms with Gasteiger partial charge in [-0.05, 0) is 56.1 Å². The number of rotatable bonds is 3. The van der Waals surface area contributed by atoms with Gasteiger partial charge in [-0.1, -0.05) is 18.9 Å². The van der Waals surface area contributed by atoms with E-state index >= 15 is 0 Å². The molecule has 0 spiro atoms. The summed E-state index contributed by atoms with van der Waals surface area (Å²) >= 11 is 1.66. The summed E-state index contributed by atoms with van der Waals surface area (Å²) in [6.45, 7) is 1.28. The Morgan fingerprint density at radius 2 is 2.00 bits per heavy atom. The number of urea groups is 1. The fraction of sp³-hybridized carbons (Fsp3) is 0.611. The molecule has 1 saturated heterocycles. The molecule has 3 rings (SSSR count). The fourth-order valence-corrected chi connectivity index (χ4v) is 4.33. The van der Waals surface area contributed by atoms with Crippen molar-refractivity contribution in [3.05, 3.63) is 24.3 Å². The molecule has 2 fully saturated rings. The number of anilines is 1. The van der Waals surface area contributed by atoms with E-state index in [2.05, 4.69) is 5.32 Å². The van der Waals surface area contributed by atoms with Gasteiger partial charge in [0.15, 0.2) is 0 Å². The molecule has 2 amide bonds. The van der Waals surface area contributed by atoms with E-state index in [-0.39, 0.29) is 6.03 Å². The Bertz CT molecular complexity index is 550. The standard InChI is InChI=1S/C18H26N2O2S/c1-23-16-8-4-7-15(13-16)19-17(21)20-11-9-18(22,10-12-20)14-5-2-3-6-14/h4,7-8,13-14,22H,2-3,5-6,9-12H2,1H3,(H,19,21). The van der Waals surface area contributed by atoms with Crippen LogP contribution < -0.4 is 5.32 Å². The van der Waals surface area contributed by atoms with Crippen molar-refractivity contribution in [2.24, 2.45) is 5.92 Å². The zero-order valence-corrected chi connectivity index (χ0v) is 14.6. The van der Waals surface area contributed by atoms with Crippen LogP contribution >= 0.6 is 11.8 Å². The van der Waals surface area contributed by atoms with Crippen molar-refractivity contribution >= 4 is 23.5 Å². The minimum Gasteiger partial charge on any atom is -0.389 e. The van der Waals surface area contributed by atoms with Crippen LogP contribution in [0.2, 0.25) is 0 Å². The van der Waals surface area contributed by atoms with Gasteiger partial charge in [0.05, 0.1) is 5.60 Å². The quantitative estimate of drug-likeness (QED) is 0.823. The van der Waals surface area contributed by atoms with Crippen LogP contribution in [0.3, 0.4) is 0 Å². The number of carbonyl (C=O) groups excluding carboxylic acids is 1. The Hall–Kier alpha value is -1.20. The van der Waals surface area contributed by atoms with E-state index in [1.807, 2.05) is 35.4 Å². The van der Waals surface area contributed by atoms with Gasteiger partial charge in [-0.3, -0.25) is 0 Å². The van der Waals surface area contributed by atoms with Crippen molar-refractivity contribution in [3.8, 4) is 0 Å². The average molecular weight is 334 g/mol. The predicted molar refractivity (Wildman–Crippen MR) is 95.0 cm³/mol. The molecule has 5 heteroatoms. The Labute approximate surface area is 142 Å². The number of hydrogen-bond acceptors (Lipinski definition) is 3. The third-order valence-corrected chi connectivity index (χ3v) is 6.08. The Kier molecular flexibility index (Phi) is 5.17. The molecule has 1 aliphatic heterocycles. The minimum atomic E-state index is -0.550. The highest BCUT2D eigenvalue weighted by atomic mass is 32.2. The molecule has 1 aromatic rings. The van der Waals surface area contributed by atoms with E-state index in [0.29, 0.717) is 31.8 Å². The summed E-state index contributed by atoms with van der Waals surface area (Å²) in [5, 5.41) is 13.8. The zero-order chi connectivity index (χ0) is 16.3. The number of amides is 2. The predicted octanol–water partition coefficient (Wildman–Crippen LogP) is 3.96. The molecule has 0 unspecified atom stereocenters. The van der Waals surface area contributed by atoms with Crippen molar-refractivity contribution in [1.29, 1.82) is 0 Å². The zero-order valence-electron chi connectivity index (χ0n) is 13.8. The Morgan fingerprint density at radius 3 is 2.65 bits per heavy atom. The van der Waals surface area contributed by atoms with Crippen molar-refractivity contribution < 1.29 is 9.90 Å². The Balaban J connectivity index is 1.55. The van der Waals surface area contributed by atoms with Crippen LogP contribution in [0.1, 0.15) is 38.5 Å². The lowest BCUT2D eigenvalue weighted by molar-refractivity contribution is -0.0574. The third kappa shape index (κ3) is 3.83. The maximum Gasteiger partial charge on any atom is 0.321 e. The van der Waals surface area contributed by atoms with E-state index < -0.39 is 5.60 Å². The van der Waals surface area contributed by atoms with Crippen LogP contribution in [0.15, 0.2) is 29.2 Å². The molecule has 1 heterocycles. The summed E-state index contributed by atoms with van der Waals surface area (Å²) in [6, 6.07) is 7.83. The summed E-state index contributed by atoms with van der Waals surface area (Å²) in [4.78, 5) is 15.4. The van der Waals surface area contributed by atoms with E-state index in [9.17, 15) is 9.90 Å². The first-order chi connectivity index (χ1) is 11.1. The summed E-state index contributed by atoms with van der Waals surface area (Å²) < 4.78 is 0. The summed E-state index contributed by atoms with van der Waals surface area (Å²) in [7, 11) is 0. The van der Waals surface area contributed by atoms with Gasteiger partial charge in [-0.2, -0.15) is 0 Å². The molecular formula is C18H26N2O2S. The van der Waals surface area contributed by atoms with Crippen LogP contribution in [-0.4, -0.2) is 41.0 Å². The molecule has 23 heavy (non-hydrogen) atoms. The highest BCUT2D eigenvalue weighted by Gasteiger charge is 2.41. The highest BCUT2D eigenvalue weighted by Crippen LogP contribution is 2.40. The average Bonchev–Trinajstić information content (AvgIpc) is 3.11. The molecule has 0 atom stereocenters. The largest absolute Gasteiger partial charge is 0.389 e. The molecule has 2 N–H and O–H groups in total. The number of nitrogens with one attached hydrogen (secondary N) is 1. The number of benzene rings is 1. The SMILES string of the molecule is CSc1cccc(NC(=O)N2CCC(O)(C3CCCC3)CC2)c1. The van der Waals surface area contributed by atoms with Gasteiger partial charge in [-0.25, -0.2) is 4.79 Å². The Morgan fingerprint density at radius 1 is 1.30 bits per heavy atom. The van der Waals surface area contributed by atoms with Crippen molar-refractivity contribution in [3.63, 3.8) is 0 Å². The maximum absolute atomic E-state index is 12.4. The second kappa shape index (κ2) is 7.14. The first-order valence-electron chi connectivity index (χ1n) is 8.53. The lowest BCUT2D eigenvalue weighted by Gasteiger charge is -2.41. The minimum absolute atomic E-state index is 0.0586. The number of nitrogens with zero attached hydrogens (tertiary/aromatic N) is 1. The lowest BCUT2D eigenvalue weighted by Crippen LogP contribution is -2.50. The number of likely N-dealkylation sites (tertiary alicyclic amines) is 1. The molecule has 0 aromatic heterocycles. The molecule has 2 aliphatic rings. The number of hydrogen-bond donors (Lipinski definition) is 2. The smallest absolute Gasteiger partial charge is 0.321 e. The van der Waals surface area contributed by atoms with E-state index in [4.69, 9.17) is 0 Å². The van der Waals surface area contributed by atoms with Crippen molar-refractivity contribution in [2.45, 2.75) is 49.0 Å². The van der Waals surface area contributed by atoms with Gasteiger partial charge in [-0.15, -0.1) is 11.8 Å². The summed E-state index contributed by atoms with van der Waals surface area (Å²) in [5.41, 5.74) is 0.282. The highest BCUT2D eigenvalue weighted by molar-refractivity contribution is 7.98. The fourth-order valence-electron chi connectivity index (χ4n) is 3.87. The second-order valence-electron chi connectivity index (χ2n) is 6.73. The van der Waals surface area contributed by atoms with Gasteiger partial charge < -0.3 is 15.3 Å². The number of thioether (sulfide) groups is 1. The molecule has 1 aromatic carbocycles. The van der Waals surface area contributed by atoms with E-state index in [1.54, 1.807) is 11.8 Å². The lowest BCUT2D eigenvalue weighted by atomic mass is 9.78. The third-order valence-electron chi connectivity index (χ3n) is 5.35. The van der Waals surface area contributed by atoms with Crippen LogP contribution in [0.25, 0.3) is 0 Å². The van der Waals surface area contributed by atoms with Gasteiger partial charge in [0, 0.05) is 23.7 Å². The van der Waals surface area contributed by atoms with Crippen LogP contribution in [0, 0.1) is 5.92 Å². The topological polar surface area (TPSA) is 52.6 Å². The first-order valence-corrected chi connectivity index (χ1v) is 9.75. The van der Waals surface area contributed by atoms with Gasteiger partial charge in [0.2, 0.25) is 0 Å². The molecule has 0 radical (unpaired) electrons. The van der Waals surface area contributed by atoms with Gasteiger partial charge >= 0.3 is 6.03 Å². The molecule has 1 saturated carbocycles. The van der Waals surface area contributed by atoms with Gasteiger partial charge in [0.25, 0.3) is 0 Å². The molecule has 0 bridgehead atoms. The molecule has 1 aliphatic carbocycles. The first kappa shape index (κ1) is 16.7. The van der Waals surface area contributed by atoms with E-state index in [1.165, 1.54) is 12.8 Å². The molecular weight excluding hydrogens is 308 g/mol. The second-order valence-corrected chi connectivity index (χ2v) is 7.61. The van der Waals surface area contributed by atoms with Crippen LogP contribution in [-0.2, 0) is 0 Å². The van der Waals surface area contributed by atoms with Crippen LogP contribution in [0.5, 0.6) is 0 Å².